The molecule has 2 N–H and O–H groups in total. The molecule has 14 heavy (non-hydrogen) atoms. The number of hydrogen-bond donors (Lipinski definition) is 2. The molecule has 0 aromatic heterocycles. The molecule has 0 bridgehead atoms. The first-order chi connectivity index (χ1) is 6.72. The van der Waals surface area contributed by atoms with E-state index in [-0.39, 0.29) is 11.6 Å². The minimum absolute atomic E-state index is 0.0202. The van der Waals surface area contributed by atoms with E-state index in [4.69, 9.17) is 0 Å². The largest absolute Gasteiger partial charge is 0.320 e. The third-order valence-corrected chi connectivity index (χ3v) is 2.26. The van der Waals surface area contributed by atoms with Crippen LogP contribution in [-0.4, -0.2) is 32.2 Å². The van der Waals surface area contributed by atoms with Crippen molar-refractivity contribution in [2.45, 2.75) is 39.2 Å². The van der Waals surface area contributed by atoms with E-state index < -0.39 is 0 Å². The quantitative estimate of drug-likeness (QED) is 0.503. The summed E-state index contributed by atoms with van der Waals surface area (Å²) in [6.45, 7) is 5.03. The summed E-state index contributed by atoms with van der Waals surface area (Å²) in [7, 11) is 5.99. The SMILES string of the molecule is CC.CNCCCCC(NC)C(=O)P. The molecule has 0 aliphatic heterocycles. The van der Waals surface area contributed by atoms with Gasteiger partial charge in [-0.2, -0.15) is 0 Å². The van der Waals surface area contributed by atoms with Gasteiger partial charge >= 0.3 is 0 Å². The van der Waals surface area contributed by atoms with Crippen molar-refractivity contribution in [3.05, 3.63) is 0 Å². The molecule has 0 aliphatic rings. The average molecular weight is 220 g/mol. The summed E-state index contributed by atoms with van der Waals surface area (Å²) in [5.74, 6) is 0. The Morgan fingerprint density at radius 1 is 1.29 bits per heavy atom. The molecular weight excluding hydrogens is 195 g/mol. The Hall–Kier alpha value is 0.0200. The van der Waals surface area contributed by atoms with Crippen molar-refractivity contribution >= 4 is 14.8 Å². The molecule has 0 spiro atoms. The predicted octanol–water partition coefficient (Wildman–Crippen LogP) is 1.39. The van der Waals surface area contributed by atoms with Crippen LogP contribution in [0.2, 0.25) is 0 Å². The Morgan fingerprint density at radius 3 is 2.21 bits per heavy atom. The van der Waals surface area contributed by atoms with Crippen molar-refractivity contribution in [3.63, 3.8) is 0 Å². The summed E-state index contributed by atoms with van der Waals surface area (Å²) in [5, 5.41) is 6.07. The zero-order valence-corrected chi connectivity index (χ0v) is 11.0. The van der Waals surface area contributed by atoms with Gasteiger partial charge in [0.15, 0.2) is 5.52 Å². The minimum Gasteiger partial charge on any atom is -0.320 e. The van der Waals surface area contributed by atoms with Gasteiger partial charge in [0.1, 0.15) is 0 Å². The number of hydrogen-bond acceptors (Lipinski definition) is 3. The van der Waals surface area contributed by atoms with Crippen LogP contribution in [0.4, 0.5) is 0 Å². The van der Waals surface area contributed by atoms with Gasteiger partial charge in [0, 0.05) is 0 Å². The maximum absolute atomic E-state index is 10.9. The molecule has 0 heterocycles. The van der Waals surface area contributed by atoms with E-state index in [2.05, 4.69) is 19.9 Å². The first-order valence-electron chi connectivity index (χ1n) is 5.33. The Bertz CT molecular complexity index is 131. The summed E-state index contributed by atoms with van der Waals surface area (Å²) in [4.78, 5) is 10.9. The van der Waals surface area contributed by atoms with Crippen LogP contribution < -0.4 is 10.6 Å². The summed E-state index contributed by atoms with van der Waals surface area (Å²) in [6.07, 6.45) is 3.15. The third-order valence-electron chi connectivity index (χ3n) is 1.86. The molecule has 0 saturated heterocycles. The highest BCUT2D eigenvalue weighted by Gasteiger charge is 2.09. The smallest absolute Gasteiger partial charge is 0.165 e. The number of carbonyl (C=O) groups excluding carboxylic acids is 1. The van der Waals surface area contributed by atoms with E-state index in [1.807, 2.05) is 27.9 Å². The lowest BCUT2D eigenvalue weighted by atomic mass is 10.1. The van der Waals surface area contributed by atoms with Gasteiger partial charge in [0.05, 0.1) is 6.04 Å². The number of carbonyl (C=O) groups is 1. The fourth-order valence-corrected chi connectivity index (χ4v) is 1.41. The number of rotatable bonds is 7. The lowest BCUT2D eigenvalue weighted by molar-refractivity contribution is -0.112. The van der Waals surface area contributed by atoms with Crippen LogP contribution in [0, 0.1) is 0 Å². The number of unbranched alkanes of at least 4 members (excludes halogenated alkanes) is 1. The van der Waals surface area contributed by atoms with Crippen LogP contribution in [0.1, 0.15) is 33.1 Å². The maximum Gasteiger partial charge on any atom is 0.165 e. The zero-order valence-electron chi connectivity index (χ0n) is 9.89. The van der Waals surface area contributed by atoms with Gasteiger partial charge < -0.3 is 10.6 Å². The van der Waals surface area contributed by atoms with Crippen LogP contribution in [-0.2, 0) is 4.79 Å². The fraction of sp³-hybridized carbons (Fsp3) is 0.900. The minimum atomic E-state index is 0.0202. The van der Waals surface area contributed by atoms with Gasteiger partial charge in [-0.05, 0) is 33.5 Å². The van der Waals surface area contributed by atoms with E-state index in [9.17, 15) is 4.79 Å². The molecule has 0 aromatic rings. The summed E-state index contributed by atoms with van der Waals surface area (Å²) < 4.78 is 0. The molecule has 2 atom stereocenters. The van der Waals surface area contributed by atoms with Crippen LogP contribution in [0.3, 0.4) is 0 Å². The molecule has 86 valence electrons. The molecule has 0 saturated carbocycles. The van der Waals surface area contributed by atoms with E-state index in [1.54, 1.807) is 0 Å². The van der Waals surface area contributed by atoms with Crippen LogP contribution in [0.25, 0.3) is 0 Å². The van der Waals surface area contributed by atoms with E-state index >= 15 is 0 Å². The highest BCUT2D eigenvalue weighted by atomic mass is 31.0. The van der Waals surface area contributed by atoms with Gasteiger partial charge in [-0.3, -0.25) is 4.79 Å². The van der Waals surface area contributed by atoms with Crippen molar-refractivity contribution in [1.29, 1.82) is 0 Å². The van der Waals surface area contributed by atoms with Gasteiger partial charge in [-0.15, -0.1) is 0 Å². The standard InChI is InChI=1S/C8H19N2OP.C2H6/c1-9-6-4-3-5-7(10-2)8(11)12;1-2/h7,9-10H,3-6,12H2,1-2H3;1-2H3. The Morgan fingerprint density at radius 2 is 1.86 bits per heavy atom. The highest BCUT2D eigenvalue weighted by molar-refractivity contribution is 7.40. The van der Waals surface area contributed by atoms with Gasteiger partial charge in [0.2, 0.25) is 0 Å². The molecular formula is C10H25N2OP. The van der Waals surface area contributed by atoms with Gasteiger partial charge in [0.25, 0.3) is 0 Å². The summed E-state index contributed by atoms with van der Waals surface area (Å²) in [6, 6.07) is 0.0202. The zero-order chi connectivity index (χ0) is 11.4. The molecule has 3 nitrogen and oxygen atoms in total. The molecule has 0 radical (unpaired) electrons. The number of likely N-dealkylation sites (N-methyl/N-ethyl adjacent to an activating group) is 1. The van der Waals surface area contributed by atoms with E-state index in [1.165, 1.54) is 0 Å². The molecule has 0 aromatic carbocycles. The molecule has 0 rings (SSSR count). The van der Waals surface area contributed by atoms with Crippen molar-refractivity contribution < 1.29 is 4.79 Å². The van der Waals surface area contributed by atoms with Crippen molar-refractivity contribution in [2.75, 3.05) is 20.6 Å². The second-order valence-corrected chi connectivity index (χ2v) is 3.41. The maximum atomic E-state index is 10.9. The van der Waals surface area contributed by atoms with E-state index in [0.717, 1.165) is 25.8 Å². The Kier molecular flexibility index (Phi) is 15.3. The van der Waals surface area contributed by atoms with Gasteiger partial charge in [-0.25, -0.2) is 0 Å². The van der Waals surface area contributed by atoms with Crippen molar-refractivity contribution in [1.82, 2.24) is 10.6 Å². The first kappa shape index (κ1) is 16.4. The molecule has 0 fully saturated rings. The summed E-state index contributed by atoms with van der Waals surface area (Å²) in [5.41, 5.74) is 0.155. The number of nitrogens with one attached hydrogen (secondary N) is 2. The summed E-state index contributed by atoms with van der Waals surface area (Å²) >= 11 is 0. The fourth-order valence-electron chi connectivity index (χ4n) is 1.08. The Balaban J connectivity index is 0. The van der Waals surface area contributed by atoms with Crippen LogP contribution in [0.5, 0.6) is 0 Å². The second-order valence-electron chi connectivity index (χ2n) is 2.84. The molecule has 4 heteroatoms. The predicted molar refractivity (Wildman–Crippen MR) is 66.7 cm³/mol. The Labute approximate surface area is 90.6 Å². The molecule has 0 aliphatic carbocycles. The van der Waals surface area contributed by atoms with Crippen LogP contribution >= 0.6 is 9.24 Å². The first-order valence-corrected chi connectivity index (χ1v) is 5.91. The lowest BCUT2D eigenvalue weighted by Crippen LogP contribution is -2.30. The van der Waals surface area contributed by atoms with Crippen LogP contribution in [0.15, 0.2) is 0 Å². The highest BCUT2D eigenvalue weighted by Crippen LogP contribution is 2.04. The molecule has 0 amide bonds. The second kappa shape index (κ2) is 13.0. The van der Waals surface area contributed by atoms with Crippen molar-refractivity contribution in [3.8, 4) is 0 Å². The van der Waals surface area contributed by atoms with Gasteiger partial charge in [-0.1, -0.05) is 29.5 Å². The normalized spacial score (nSPS) is 11.5. The molecule has 2 unspecified atom stereocenters. The average Bonchev–Trinajstić information content (AvgIpc) is 2.20. The third kappa shape index (κ3) is 10.1. The van der Waals surface area contributed by atoms with E-state index in [0.29, 0.717) is 0 Å². The monoisotopic (exact) mass is 220 g/mol. The lowest BCUT2D eigenvalue weighted by Gasteiger charge is -2.11. The topological polar surface area (TPSA) is 41.1 Å². The van der Waals surface area contributed by atoms with Crippen molar-refractivity contribution in [2.24, 2.45) is 0 Å².